The van der Waals surface area contributed by atoms with Crippen molar-refractivity contribution < 1.29 is 27.5 Å². The zero-order valence-electron chi connectivity index (χ0n) is 17.8. The number of carbonyl (C=O) groups is 2. The number of halogens is 3. The fourth-order valence-corrected chi connectivity index (χ4v) is 4.02. The van der Waals surface area contributed by atoms with E-state index in [1.54, 1.807) is 37.9 Å². The molecule has 0 spiro atoms. The molecule has 0 radical (unpaired) electrons. The number of nitrogens with zero attached hydrogens (tertiary/aromatic N) is 2. The van der Waals surface area contributed by atoms with E-state index in [-0.39, 0.29) is 11.8 Å². The highest BCUT2D eigenvalue weighted by atomic mass is 19.4. The standard InChI is InChI=1S/C22H23F3N4O3/c1-21(2)11-15(14-7-8-17(22(23,24)25)28-19(14)32-21)27-20(31)26-13-6-4-12-5-9-18(30)29(3)16(12)10-13/h4,6-8,10,15H,5,9,11H2,1-3H3,(H2,26,27,31)/t15-/m1/s1. The number of hydrogen-bond acceptors (Lipinski definition) is 4. The van der Waals surface area contributed by atoms with Gasteiger partial charge in [-0.15, -0.1) is 0 Å². The summed E-state index contributed by atoms with van der Waals surface area (Å²) in [6.45, 7) is 3.45. The van der Waals surface area contributed by atoms with Gasteiger partial charge in [0.2, 0.25) is 11.8 Å². The summed E-state index contributed by atoms with van der Waals surface area (Å²) in [5.41, 5.74) is 0.759. The molecule has 1 aromatic heterocycles. The Balaban J connectivity index is 1.53. The second-order valence-corrected chi connectivity index (χ2v) is 8.60. The minimum atomic E-state index is -4.60. The SMILES string of the molecule is CN1C(=O)CCc2ccc(NC(=O)N[C@@H]3CC(C)(C)Oc4nc(C(F)(F)F)ccc43)cc21. The monoisotopic (exact) mass is 448 g/mol. The number of aromatic nitrogens is 1. The molecule has 0 fully saturated rings. The molecule has 10 heteroatoms. The number of ether oxygens (including phenoxy) is 1. The first-order chi connectivity index (χ1) is 14.9. The van der Waals surface area contributed by atoms with Crippen molar-refractivity contribution in [3.63, 3.8) is 0 Å². The van der Waals surface area contributed by atoms with Crippen molar-refractivity contribution in [3.05, 3.63) is 47.2 Å². The first-order valence-corrected chi connectivity index (χ1v) is 10.2. The van der Waals surface area contributed by atoms with Crippen molar-refractivity contribution in [1.82, 2.24) is 10.3 Å². The fraction of sp³-hybridized carbons (Fsp3) is 0.409. The highest BCUT2D eigenvalue weighted by Gasteiger charge is 2.39. The van der Waals surface area contributed by atoms with Gasteiger partial charge in [0.15, 0.2) is 0 Å². The highest BCUT2D eigenvalue weighted by molar-refractivity contribution is 5.97. The lowest BCUT2D eigenvalue weighted by atomic mass is 9.91. The van der Waals surface area contributed by atoms with Crippen LogP contribution < -0.4 is 20.3 Å². The summed E-state index contributed by atoms with van der Waals surface area (Å²) in [5, 5.41) is 5.54. The van der Waals surface area contributed by atoms with E-state index in [1.165, 1.54) is 6.07 Å². The van der Waals surface area contributed by atoms with E-state index in [0.717, 1.165) is 17.3 Å². The van der Waals surface area contributed by atoms with Crippen molar-refractivity contribution in [2.45, 2.75) is 50.9 Å². The Kier molecular flexibility index (Phi) is 5.26. The summed E-state index contributed by atoms with van der Waals surface area (Å²) in [7, 11) is 1.69. The highest BCUT2D eigenvalue weighted by Crippen LogP contribution is 2.40. The number of carbonyl (C=O) groups excluding carboxylic acids is 2. The number of anilines is 2. The second kappa shape index (κ2) is 7.68. The smallest absolute Gasteiger partial charge is 0.433 e. The Bertz CT molecular complexity index is 1080. The Morgan fingerprint density at radius 1 is 1.22 bits per heavy atom. The number of fused-ring (bicyclic) bond motifs is 2. The molecule has 0 bridgehead atoms. The minimum absolute atomic E-state index is 0.00544. The molecule has 7 nitrogen and oxygen atoms in total. The zero-order chi connectivity index (χ0) is 23.3. The fourth-order valence-electron chi connectivity index (χ4n) is 4.02. The normalized spacial score (nSPS) is 19.5. The maximum atomic E-state index is 13.0. The van der Waals surface area contributed by atoms with Gasteiger partial charge in [0, 0.05) is 36.8 Å². The molecule has 170 valence electrons. The lowest BCUT2D eigenvalue weighted by Gasteiger charge is -2.37. The Hall–Kier alpha value is -3.30. The van der Waals surface area contributed by atoms with Gasteiger partial charge >= 0.3 is 12.2 Å². The molecule has 2 N–H and O–H groups in total. The molecule has 3 heterocycles. The molecule has 4 rings (SSSR count). The molecule has 0 saturated carbocycles. The molecule has 1 aromatic carbocycles. The maximum absolute atomic E-state index is 13.0. The van der Waals surface area contributed by atoms with Crippen molar-refractivity contribution in [2.75, 3.05) is 17.3 Å². The summed E-state index contributed by atoms with van der Waals surface area (Å²) in [4.78, 5) is 29.8. The summed E-state index contributed by atoms with van der Waals surface area (Å²) in [6.07, 6.45) is -3.16. The Morgan fingerprint density at radius 2 is 1.97 bits per heavy atom. The average Bonchev–Trinajstić information content (AvgIpc) is 2.69. The van der Waals surface area contributed by atoms with Crippen LogP contribution in [0.25, 0.3) is 0 Å². The van der Waals surface area contributed by atoms with Crippen molar-refractivity contribution in [3.8, 4) is 5.88 Å². The molecule has 32 heavy (non-hydrogen) atoms. The van der Waals surface area contributed by atoms with Crippen molar-refractivity contribution >= 4 is 23.3 Å². The summed E-state index contributed by atoms with van der Waals surface area (Å²) >= 11 is 0. The number of hydrogen-bond donors (Lipinski definition) is 2. The van der Waals surface area contributed by atoms with Crippen LogP contribution >= 0.6 is 0 Å². The van der Waals surface area contributed by atoms with Crippen LogP contribution in [0.3, 0.4) is 0 Å². The van der Waals surface area contributed by atoms with Crippen LogP contribution in [0, 0.1) is 0 Å². The molecule has 0 unspecified atom stereocenters. The lowest BCUT2D eigenvalue weighted by molar-refractivity contribution is -0.141. The van der Waals surface area contributed by atoms with Crippen LogP contribution in [0.4, 0.5) is 29.3 Å². The van der Waals surface area contributed by atoms with Gasteiger partial charge in [-0.05, 0) is 50.1 Å². The predicted octanol–water partition coefficient (Wildman–Crippen LogP) is 4.43. The number of benzene rings is 1. The number of urea groups is 1. The minimum Gasteiger partial charge on any atom is -0.471 e. The van der Waals surface area contributed by atoms with Crippen LogP contribution in [0.2, 0.25) is 0 Å². The molecule has 3 amide bonds. The van der Waals surface area contributed by atoms with Crippen LogP contribution in [0.15, 0.2) is 30.3 Å². The molecular weight excluding hydrogens is 425 g/mol. The van der Waals surface area contributed by atoms with Crippen LogP contribution in [-0.2, 0) is 17.4 Å². The average molecular weight is 448 g/mol. The second-order valence-electron chi connectivity index (χ2n) is 8.60. The number of rotatable bonds is 2. The first-order valence-electron chi connectivity index (χ1n) is 10.2. The van der Waals surface area contributed by atoms with Gasteiger partial charge in [-0.2, -0.15) is 13.2 Å². The number of alkyl halides is 3. The molecular formula is C22H23F3N4O3. The quantitative estimate of drug-likeness (QED) is 0.712. The molecule has 2 aliphatic heterocycles. The summed E-state index contributed by atoms with van der Waals surface area (Å²) < 4.78 is 44.8. The number of amides is 3. The van der Waals surface area contributed by atoms with E-state index < -0.39 is 29.5 Å². The number of aryl methyl sites for hydroxylation is 1. The van der Waals surface area contributed by atoms with Gasteiger partial charge in [-0.3, -0.25) is 4.79 Å². The van der Waals surface area contributed by atoms with Crippen molar-refractivity contribution in [1.29, 1.82) is 0 Å². The largest absolute Gasteiger partial charge is 0.471 e. The third-order valence-corrected chi connectivity index (χ3v) is 5.62. The van der Waals surface area contributed by atoms with Gasteiger partial charge < -0.3 is 20.3 Å². The summed E-state index contributed by atoms with van der Waals surface area (Å²) in [5.74, 6) is -0.138. The van der Waals surface area contributed by atoms with Gasteiger partial charge in [0.05, 0.1) is 6.04 Å². The molecule has 0 aliphatic carbocycles. The molecule has 2 aromatic rings. The zero-order valence-corrected chi connectivity index (χ0v) is 17.8. The van der Waals surface area contributed by atoms with Crippen LogP contribution in [-0.4, -0.2) is 29.6 Å². The Morgan fingerprint density at radius 3 is 2.69 bits per heavy atom. The van der Waals surface area contributed by atoms with E-state index >= 15 is 0 Å². The molecule has 0 saturated heterocycles. The lowest BCUT2D eigenvalue weighted by Crippen LogP contribution is -2.43. The predicted molar refractivity (Wildman–Crippen MR) is 112 cm³/mol. The van der Waals surface area contributed by atoms with Gasteiger partial charge in [-0.1, -0.05) is 6.07 Å². The van der Waals surface area contributed by atoms with E-state index in [2.05, 4.69) is 15.6 Å². The number of pyridine rings is 1. The first kappa shape index (κ1) is 21.9. The van der Waals surface area contributed by atoms with E-state index in [9.17, 15) is 22.8 Å². The third-order valence-electron chi connectivity index (χ3n) is 5.62. The van der Waals surface area contributed by atoms with E-state index in [1.807, 2.05) is 6.07 Å². The maximum Gasteiger partial charge on any atom is 0.433 e. The van der Waals surface area contributed by atoms with Gasteiger partial charge in [0.25, 0.3) is 0 Å². The van der Waals surface area contributed by atoms with Crippen molar-refractivity contribution in [2.24, 2.45) is 0 Å². The summed E-state index contributed by atoms with van der Waals surface area (Å²) in [6, 6.07) is 6.39. The Labute approximate surface area is 183 Å². The molecule has 1 atom stereocenters. The topological polar surface area (TPSA) is 83.6 Å². The molecule has 2 aliphatic rings. The van der Waals surface area contributed by atoms with Crippen LogP contribution in [0.1, 0.15) is 49.6 Å². The van der Waals surface area contributed by atoms with Gasteiger partial charge in [0.1, 0.15) is 11.3 Å². The van der Waals surface area contributed by atoms with E-state index in [0.29, 0.717) is 30.5 Å². The van der Waals surface area contributed by atoms with Crippen LogP contribution in [0.5, 0.6) is 5.88 Å². The number of nitrogens with one attached hydrogen (secondary N) is 2. The van der Waals surface area contributed by atoms with Gasteiger partial charge in [-0.25, -0.2) is 9.78 Å². The third kappa shape index (κ3) is 4.35. The van der Waals surface area contributed by atoms with E-state index in [4.69, 9.17) is 4.74 Å².